The molecule has 1 aromatic heterocycles. The van der Waals surface area contributed by atoms with Gasteiger partial charge in [-0.25, -0.2) is 4.98 Å². The highest BCUT2D eigenvalue weighted by atomic mass is 16.5. The van der Waals surface area contributed by atoms with E-state index in [1.54, 1.807) is 7.11 Å². The smallest absolute Gasteiger partial charge is 0.242 e. The standard InChI is InChI=1S/C15H24N4O2/c1-20-8-9-21-15-12(16)14(17-11-4-2-3-5-11)18-13(19-15)10-6-7-10/h10-11H,2-9,16H2,1H3,(H,17,18,19). The minimum absolute atomic E-state index is 0.449. The van der Waals surface area contributed by atoms with E-state index in [0.717, 1.165) is 24.5 Å². The Morgan fingerprint density at radius 3 is 2.57 bits per heavy atom. The second-order valence-electron chi connectivity index (χ2n) is 5.89. The minimum Gasteiger partial charge on any atom is -0.474 e. The zero-order valence-electron chi connectivity index (χ0n) is 12.6. The molecule has 0 atom stereocenters. The van der Waals surface area contributed by atoms with Gasteiger partial charge >= 0.3 is 0 Å². The molecule has 3 rings (SSSR count). The van der Waals surface area contributed by atoms with Crippen LogP contribution in [0, 0.1) is 0 Å². The Morgan fingerprint density at radius 1 is 1.14 bits per heavy atom. The van der Waals surface area contributed by atoms with Crippen LogP contribution in [0.4, 0.5) is 11.5 Å². The number of rotatable bonds is 7. The summed E-state index contributed by atoms with van der Waals surface area (Å²) in [5, 5.41) is 3.48. The van der Waals surface area contributed by atoms with E-state index >= 15 is 0 Å². The van der Waals surface area contributed by atoms with Crippen LogP contribution in [-0.2, 0) is 4.74 Å². The van der Waals surface area contributed by atoms with Crippen LogP contribution in [0.25, 0.3) is 0 Å². The fourth-order valence-corrected chi connectivity index (χ4v) is 2.69. The predicted octanol–water partition coefficient (Wildman–Crippen LogP) is 2.32. The molecule has 0 radical (unpaired) electrons. The number of nitrogen functional groups attached to an aromatic ring is 1. The van der Waals surface area contributed by atoms with E-state index < -0.39 is 0 Å². The van der Waals surface area contributed by atoms with Crippen molar-refractivity contribution < 1.29 is 9.47 Å². The summed E-state index contributed by atoms with van der Waals surface area (Å²) in [6.07, 6.45) is 7.23. The number of methoxy groups -OCH3 is 1. The number of nitrogens with one attached hydrogen (secondary N) is 1. The van der Waals surface area contributed by atoms with Crippen LogP contribution in [0.1, 0.15) is 50.3 Å². The molecule has 6 heteroatoms. The van der Waals surface area contributed by atoms with E-state index in [1.807, 2.05) is 0 Å². The van der Waals surface area contributed by atoms with Gasteiger partial charge in [0.05, 0.1) is 6.61 Å². The van der Waals surface area contributed by atoms with Gasteiger partial charge in [-0.2, -0.15) is 4.98 Å². The summed E-state index contributed by atoms with van der Waals surface area (Å²) in [5.41, 5.74) is 6.70. The monoisotopic (exact) mass is 292 g/mol. The van der Waals surface area contributed by atoms with E-state index in [2.05, 4.69) is 15.3 Å². The maximum Gasteiger partial charge on any atom is 0.242 e. The maximum absolute atomic E-state index is 6.18. The topological polar surface area (TPSA) is 82.3 Å². The number of nitrogens with zero attached hydrogens (tertiary/aromatic N) is 2. The average Bonchev–Trinajstić information content (AvgIpc) is 3.21. The molecule has 6 nitrogen and oxygen atoms in total. The van der Waals surface area contributed by atoms with Crippen molar-refractivity contribution in [3.63, 3.8) is 0 Å². The first-order valence-corrected chi connectivity index (χ1v) is 7.83. The van der Waals surface area contributed by atoms with Gasteiger partial charge in [0.15, 0.2) is 5.82 Å². The molecule has 1 heterocycles. The molecule has 2 fully saturated rings. The van der Waals surface area contributed by atoms with Crippen LogP contribution < -0.4 is 15.8 Å². The van der Waals surface area contributed by atoms with Gasteiger partial charge in [-0.1, -0.05) is 12.8 Å². The highest BCUT2D eigenvalue weighted by Gasteiger charge is 2.29. The minimum atomic E-state index is 0.449. The van der Waals surface area contributed by atoms with Crippen molar-refractivity contribution in [1.29, 1.82) is 0 Å². The lowest BCUT2D eigenvalue weighted by Gasteiger charge is -2.17. The summed E-state index contributed by atoms with van der Waals surface area (Å²) in [7, 11) is 1.65. The third kappa shape index (κ3) is 3.56. The molecule has 2 aliphatic carbocycles. The Labute approximate surface area is 125 Å². The SMILES string of the molecule is COCCOc1nc(C2CC2)nc(NC2CCCC2)c1N. The summed E-state index contributed by atoms with van der Waals surface area (Å²) >= 11 is 0. The Morgan fingerprint density at radius 2 is 1.90 bits per heavy atom. The van der Waals surface area contributed by atoms with E-state index in [4.69, 9.17) is 15.2 Å². The van der Waals surface area contributed by atoms with Gasteiger partial charge in [-0.15, -0.1) is 0 Å². The Kier molecular flexibility index (Phi) is 4.43. The van der Waals surface area contributed by atoms with Crippen molar-refractivity contribution in [2.45, 2.75) is 50.5 Å². The molecule has 0 aromatic carbocycles. The largest absolute Gasteiger partial charge is 0.474 e. The first-order valence-electron chi connectivity index (χ1n) is 7.83. The molecule has 0 unspecified atom stereocenters. The van der Waals surface area contributed by atoms with Gasteiger partial charge in [0, 0.05) is 19.1 Å². The number of hydrogen-bond acceptors (Lipinski definition) is 6. The fraction of sp³-hybridized carbons (Fsp3) is 0.733. The zero-order valence-corrected chi connectivity index (χ0v) is 12.6. The second kappa shape index (κ2) is 6.47. The molecule has 0 bridgehead atoms. The molecule has 0 spiro atoms. The Hall–Kier alpha value is -1.56. The first kappa shape index (κ1) is 14.4. The lowest BCUT2D eigenvalue weighted by Crippen LogP contribution is -2.19. The highest BCUT2D eigenvalue weighted by molar-refractivity contribution is 5.67. The molecule has 0 saturated heterocycles. The summed E-state index contributed by atoms with van der Waals surface area (Å²) in [4.78, 5) is 9.12. The number of ether oxygens (including phenoxy) is 2. The van der Waals surface area contributed by atoms with Gasteiger partial charge in [0.1, 0.15) is 18.1 Å². The Bertz CT molecular complexity index is 485. The molecule has 2 aliphatic rings. The molecule has 116 valence electrons. The quantitative estimate of drug-likeness (QED) is 0.750. The van der Waals surface area contributed by atoms with Crippen LogP contribution in [0.15, 0.2) is 0 Å². The van der Waals surface area contributed by atoms with Crippen molar-refractivity contribution in [3.05, 3.63) is 5.82 Å². The van der Waals surface area contributed by atoms with Crippen molar-refractivity contribution in [3.8, 4) is 5.88 Å². The van der Waals surface area contributed by atoms with E-state index in [0.29, 0.717) is 36.7 Å². The van der Waals surface area contributed by atoms with E-state index in [1.165, 1.54) is 25.7 Å². The molecular weight excluding hydrogens is 268 g/mol. The number of anilines is 2. The van der Waals surface area contributed by atoms with Crippen LogP contribution in [0.3, 0.4) is 0 Å². The van der Waals surface area contributed by atoms with Crippen LogP contribution in [-0.4, -0.2) is 36.3 Å². The molecule has 0 aliphatic heterocycles. The molecule has 2 saturated carbocycles. The summed E-state index contributed by atoms with van der Waals surface area (Å²) in [6, 6.07) is 0.473. The average molecular weight is 292 g/mol. The predicted molar refractivity (Wildman–Crippen MR) is 81.7 cm³/mol. The van der Waals surface area contributed by atoms with Gasteiger partial charge in [-0.05, 0) is 25.7 Å². The number of aromatic nitrogens is 2. The highest BCUT2D eigenvalue weighted by Crippen LogP contribution is 2.41. The first-order chi connectivity index (χ1) is 10.3. The second-order valence-corrected chi connectivity index (χ2v) is 5.89. The van der Waals surface area contributed by atoms with Gasteiger partial charge in [0.25, 0.3) is 0 Å². The van der Waals surface area contributed by atoms with Crippen molar-refractivity contribution in [1.82, 2.24) is 9.97 Å². The fourth-order valence-electron chi connectivity index (χ4n) is 2.69. The van der Waals surface area contributed by atoms with Crippen molar-refractivity contribution >= 4 is 11.5 Å². The molecule has 21 heavy (non-hydrogen) atoms. The molecule has 1 aromatic rings. The van der Waals surface area contributed by atoms with Crippen molar-refractivity contribution in [2.24, 2.45) is 0 Å². The third-order valence-corrected chi connectivity index (χ3v) is 4.09. The normalized spacial score (nSPS) is 18.9. The van der Waals surface area contributed by atoms with Crippen molar-refractivity contribution in [2.75, 3.05) is 31.4 Å². The van der Waals surface area contributed by atoms with E-state index in [-0.39, 0.29) is 0 Å². The summed E-state index contributed by atoms with van der Waals surface area (Å²) in [6.45, 7) is 0.971. The molecule has 3 N–H and O–H groups in total. The number of hydrogen-bond donors (Lipinski definition) is 2. The zero-order chi connectivity index (χ0) is 14.7. The molecular formula is C15H24N4O2. The van der Waals surface area contributed by atoms with Crippen LogP contribution >= 0.6 is 0 Å². The summed E-state index contributed by atoms with van der Waals surface area (Å²) < 4.78 is 10.7. The number of nitrogens with two attached hydrogens (primary N) is 1. The lowest BCUT2D eigenvalue weighted by atomic mass is 10.2. The van der Waals surface area contributed by atoms with E-state index in [9.17, 15) is 0 Å². The third-order valence-electron chi connectivity index (χ3n) is 4.09. The van der Waals surface area contributed by atoms with Crippen LogP contribution in [0.2, 0.25) is 0 Å². The lowest BCUT2D eigenvalue weighted by molar-refractivity contribution is 0.144. The maximum atomic E-state index is 6.18. The van der Waals surface area contributed by atoms with Gasteiger partial charge in [0.2, 0.25) is 5.88 Å². The Balaban J connectivity index is 1.78. The van der Waals surface area contributed by atoms with Gasteiger partial charge < -0.3 is 20.5 Å². The van der Waals surface area contributed by atoms with Gasteiger partial charge in [-0.3, -0.25) is 0 Å². The van der Waals surface area contributed by atoms with Crippen LogP contribution in [0.5, 0.6) is 5.88 Å². The molecule has 0 amide bonds. The summed E-state index contributed by atoms with van der Waals surface area (Å²) in [5.74, 6) is 2.56.